The van der Waals surface area contributed by atoms with Gasteiger partial charge >= 0.3 is 0 Å². The number of hydrogen-bond donors (Lipinski definition) is 2. The van der Waals surface area contributed by atoms with Gasteiger partial charge < -0.3 is 19.7 Å². The monoisotopic (exact) mass is 300 g/mol. The first-order valence-corrected chi connectivity index (χ1v) is 7.56. The highest BCUT2D eigenvalue weighted by atomic mass is 16.5. The van der Waals surface area contributed by atoms with E-state index in [1.165, 1.54) is 0 Å². The predicted octanol–water partition coefficient (Wildman–Crippen LogP) is 3.57. The first kappa shape index (κ1) is 14.7. The molecule has 0 saturated carbocycles. The molecule has 2 atom stereocenters. The van der Waals surface area contributed by atoms with E-state index in [4.69, 9.17) is 9.47 Å². The highest BCUT2D eigenvalue weighted by Gasteiger charge is 2.32. The highest BCUT2D eigenvalue weighted by molar-refractivity contribution is 5.43. The summed E-state index contributed by atoms with van der Waals surface area (Å²) in [6, 6.07) is 12.2. The third-order valence-electron chi connectivity index (χ3n) is 3.80. The van der Waals surface area contributed by atoms with Crippen LogP contribution in [-0.2, 0) is 11.2 Å². The molecule has 1 aliphatic rings. The fourth-order valence-electron chi connectivity index (χ4n) is 2.76. The summed E-state index contributed by atoms with van der Waals surface area (Å²) in [5.41, 5.74) is 1.89. The number of rotatable bonds is 4. The number of phenols is 2. The van der Waals surface area contributed by atoms with E-state index in [0.29, 0.717) is 12.4 Å². The van der Waals surface area contributed by atoms with Crippen LogP contribution in [0, 0.1) is 0 Å². The molecule has 1 heterocycles. The second kappa shape index (κ2) is 6.28. The fourth-order valence-corrected chi connectivity index (χ4v) is 2.76. The quantitative estimate of drug-likeness (QED) is 0.906. The molecule has 0 radical (unpaired) electrons. The van der Waals surface area contributed by atoms with Crippen molar-refractivity contribution in [3.63, 3.8) is 0 Å². The van der Waals surface area contributed by atoms with Gasteiger partial charge in [0, 0.05) is 19.1 Å². The Morgan fingerprint density at radius 2 is 1.95 bits per heavy atom. The van der Waals surface area contributed by atoms with Crippen LogP contribution in [0.2, 0.25) is 0 Å². The molecule has 0 fully saturated rings. The maximum absolute atomic E-state index is 9.71. The topological polar surface area (TPSA) is 58.9 Å². The Balaban J connectivity index is 1.94. The Kier molecular flexibility index (Phi) is 4.20. The molecule has 1 aliphatic heterocycles. The van der Waals surface area contributed by atoms with Crippen LogP contribution in [0.3, 0.4) is 0 Å². The lowest BCUT2D eigenvalue weighted by atomic mass is 9.94. The molecule has 0 amide bonds. The molecule has 0 unspecified atom stereocenters. The third-order valence-corrected chi connectivity index (χ3v) is 3.80. The molecule has 0 saturated heterocycles. The van der Waals surface area contributed by atoms with Crippen LogP contribution in [0.1, 0.15) is 30.6 Å². The predicted molar refractivity (Wildman–Crippen MR) is 83.3 cm³/mol. The average molecular weight is 300 g/mol. The van der Waals surface area contributed by atoms with Crippen LogP contribution in [0.5, 0.6) is 17.2 Å². The molecule has 116 valence electrons. The highest BCUT2D eigenvalue weighted by Crippen LogP contribution is 2.38. The second-order valence-electron chi connectivity index (χ2n) is 5.54. The third kappa shape index (κ3) is 3.02. The molecule has 0 aliphatic carbocycles. The van der Waals surface area contributed by atoms with Gasteiger partial charge in [-0.05, 0) is 35.7 Å². The number of ether oxygens (including phenoxy) is 2. The molecule has 4 heteroatoms. The molecule has 0 spiro atoms. The molecular formula is C18H20O4. The van der Waals surface area contributed by atoms with Crippen molar-refractivity contribution in [2.75, 3.05) is 6.61 Å². The van der Waals surface area contributed by atoms with Gasteiger partial charge in [-0.2, -0.15) is 0 Å². The lowest BCUT2D eigenvalue weighted by Gasteiger charge is -2.34. The van der Waals surface area contributed by atoms with E-state index in [-0.39, 0.29) is 23.7 Å². The molecule has 22 heavy (non-hydrogen) atoms. The van der Waals surface area contributed by atoms with Crippen molar-refractivity contribution in [2.24, 2.45) is 0 Å². The largest absolute Gasteiger partial charge is 0.508 e. The Morgan fingerprint density at radius 1 is 1.14 bits per heavy atom. The van der Waals surface area contributed by atoms with E-state index in [0.717, 1.165) is 24.0 Å². The SMILES string of the molecule is CCCO[C@@H]1Cc2ccc(O)cc2O[C@@H]1c1cccc(O)c1. The molecular weight excluding hydrogens is 280 g/mol. The van der Waals surface area contributed by atoms with Crippen molar-refractivity contribution in [3.05, 3.63) is 53.6 Å². The van der Waals surface area contributed by atoms with Crippen molar-refractivity contribution >= 4 is 0 Å². The number of hydrogen-bond acceptors (Lipinski definition) is 4. The van der Waals surface area contributed by atoms with E-state index in [9.17, 15) is 10.2 Å². The maximum Gasteiger partial charge on any atom is 0.150 e. The van der Waals surface area contributed by atoms with Crippen molar-refractivity contribution < 1.29 is 19.7 Å². The normalized spacial score (nSPS) is 20.2. The van der Waals surface area contributed by atoms with Crippen LogP contribution in [0.15, 0.2) is 42.5 Å². The van der Waals surface area contributed by atoms with Crippen molar-refractivity contribution in [1.29, 1.82) is 0 Å². The number of phenolic OH excluding ortho intramolecular Hbond substituents is 2. The summed E-state index contributed by atoms with van der Waals surface area (Å²) >= 11 is 0. The van der Waals surface area contributed by atoms with Gasteiger partial charge in [0.05, 0.1) is 0 Å². The number of aromatic hydroxyl groups is 2. The van der Waals surface area contributed by atoms with Crippen molar-refractivity contribution in [2.45, 2.75) is 32.0 Å². The van der Waals surface area contributed by atoms with Crippen LogP contribution < -0.4 is 4.74 Å². The first-order chi connectivity index (χ1) is 10.7. The van der Waals surface area contributed by atoms with Gasteiger partial charge in [0.2, 0.25) is 0 Å². The van der Waals surface area contributed by atoms with Crippen molar-refractivity contribution in [3.8, 4) is 17.2 Å². The average Bonchev–Trinajstić information content (AvgIpc) is 2.52. The molecule has 3 rings (SSSR count). The van der Waals surface area contributed by atoms with Crippen LogP contribution in [0.25, 0.3) is 0 Å². The fraction of sp³-hybridized carbons (Fsp3) is 0.333. The van der Waals surface area contributed by atoms with E-state index in [1.807, 2.05) is 12.1 Å². The minimum Gasteiger partial charge on any atom is -0.508 e. The number of benzene rings is 2. The van der Waals surface area contributed by atoms with Crippen LogP contribution in [0.4, 0.5) is 0 Å². The summed E-state index contributed by atoms with van der Waals surface area (Å²) in [4.78, 5) is 0. The molecule has 0 bridgehead atoms. The van der Waals surface area contributed by atoms with Gasteiger partial charge in [-0.15, -0.1) is 0 Å². The second-order valence-corrected chi connectivity index (χ2v) is 5.54. The first-order valence-electron chi connectivity index (χ1n) is 7.56. The van der Waals surface area contributed by atoms with Gasteiger partial charge in [-0.25, -0.2) is 0 Å². The lowest BCUT2D eigenvalue weighted by Crippen LogP contribution is -2.33. The van der Waals surface area contributed by atoms with E-state index in [2.05, 4.69) is 6.92 Å². The maximum atomic E-state index is 9.71. The van der Waals surface area contributed by atoms with Gasteiger partial charge in [0.1, 0.15) is 23.4 Å². The Hall–Kier alpha value is -2.20. The summed E-state index contributed by atoms with van der Waals surface area (Å²) in [6.45, 7) is 2.73. The Bertz CT molecular complexity index is 653. The van der Waals surface area contributed by atoms with Crippen molar-refractivity contribution in [1.82, 2.24) is 0 Å². The summed E-state index contributed by atoms with van der Waals surface area (Å²) in [6.07, 6.45) is 1.24. The van der Waals surface area contributed by atoms with E-state index >= 15 is 0 Å². The Labute approximate surface area is 129 Å². The van der Waals surface area contributed by atoms with Gasteiger partial charge in [0.25, 0.3) is 0 Å². The molecule has 4 nitrogen and oxygen atoms in total. The summed E-state index contributed by atoms with van der Waals surface area (Å²) < 4.78 is 12.0. The zero-order valence-electron chi connectivity index (χ0n) is 12.5. The summed E-state index contributed by atoms with van der Waals surface area (Å²) in [5.74, 6) is 1.06. The zero-order valence-corrected chi connectivity index (χ0v) is 12.5. The minimum absolute atomic E-state index is 0.112. The standard InChI is InChI=1S/C18H20O4/c1-2-8-21-17-10-12-6-7-15(20)11-16(12)22-18(17)13-4-3-5-14(19)9-13/h3-7,9,11,17-20H,2,8,10H2,1H3/t17-,18-/m1/s1. The van der Waals surface area contributed by atoms with Gasteiger partial charge in [-0.3, -0.25) is 0 Å². The smallest absolute Gasteiger partial charge is 0.150 e. The molecule has 2 aromatic carbocycles. The molecule has 2 aromatic rings. The summed E-state index contributed by atoms with van der Waals surface area (Å²) in [5, 5.41) is 19.4. The van der Waals surface area contributed by atoms with Crippen LogP contribution in [-0.4, -0.2) is 22.9 Å². The zero-order chi connectivity index (χ0) is 15.5. The minimum atomic E-state index is -0.298. The molecule has 2 N–H and O–H groups in total. The molecule has 0 aromatic heterocycles. The number of fused-ring (bicyclic) bond motifs is 1. The lowest BCUT2D eigenvalue weighted by molar-refractivity contribution is -0.0374. The van der Waals surface area contributed by atoms with Gasteiger partial charge in [0.15, 0.2) is 6.10 Å². The van der Waals surface area contributed by atoms with E-state index < -0.39 is 0 Å². The van der Waals surface area contributed by atoms with Gasteiger partial charge in [-0.1, -0.05) is 25.1 Å². The van der Waals surface area contributed by atoms with Crippen LogP contribution >= 0.6 is 0 Å². The summed E-state index contributed by atoms with van der Waals surface area (Å²) in [7, 11) is 0. The Morgan fingerprint density at radius 3 is 2.73 bits per heavy atom. The van der Waals surface area contributed by atoms with E-state index in [1.54, 1.807) is 30.3 Å².